The van der Waals surface area contributed by atoms with E-state index >= 15 is 0 Å². The Kier molecular flexibility index (Phi) is 5.67. The number of nitrogens with one attached hydrogen (secondary N) is 1. The molecule has 1 heterocycles. The highest BCUT2D eigenvalue weighted by Gasteiger charge is 2.17. The summed E-state index contributed by atoms with van der Waals surface area (Å²) in [6.07, 6.45) is 1.44. The number of nitriles is 1. The van der Waals surface area contributed by atoms with Crippen LogP contribution in [-0.4, -0.2) is 23.2 Å². The number of rotatable bonds is 6. The lowest BCUT2D eigenvalue weighted by Crippen LogP contribution is -2.02. The van der Waals surface area contributed by atoms with Crippen molar-refractivity contribution in [3.8, 4) is 17.5 Å². The van der Waals surface area contributed by atoms with Crippen LogP contribution in [0.5, 0.6) is 0 Å². The predicted octanol–water partition coefficient (Wildman–Crippen LogP) is 4.01. The number of nitrogens with zero attached hydrogens (tertiary/aromatic N) is 2. The van der Waals surface area contributed by atoms with Gasteiger partial charge < -0.3 is 14.8 Å². The molecule has 0 bridgehead atoms. The first-order valence-corrected chi connectivity index (χ1v) is 7.54. The van der Waals surface area contributed by atoms with E-state index in [0.29, 0.717) is 40.3 Å². The molecule has 0 saturated carbocycles. The molecule has 1 aromatic carbocycles. The number of aliphatic hydroxyl groups excluding tert-OH is 1. The van der Waals surface area contributed by atoms with Gasteiger partial charge in [0.25, 0.3) is 0 Å². The van der Waals surface area contributed by atoms with E-state index < -0.39 is 0 Å². The van der Waals surface area contributed by atoms with Gasteiger partial charge in [0.2, 0.25) is 17.5 Å². The normalized spacial score (nSPS) is 10.5. The van der Waals surface area contributed by atoms with Gasteiger partial charge in [-0.3, -0.25) is 0 Å². The molecule has 22 heavy (non-hydrogen) atoms. The van der Waals surface area contributed by atoms with Crippen LogP contribution in [0.3, 0.4) is 0 Å². The largest absolute Gasteiger partial charge is 0.419 e. The Bertz CT molecular complexity index is 708. The van der Waals surface area contributed by atoms with Crippen LogP contribution in [0.25, 0.3) is 11.5 Å². The van der Waals surface area contributed by atoms with E-state index in [2.05, 4.69) is 10.3 Å². The van der Waals surface area contributed by atoms with Gasteiger partial charge in [0.15, 0.2) is 0 Å². The van der Waals surface area contributed by atoms with Crippen molar-refractivity contribution in [2.75, 3.05) is 18.5 Å². The molecule has 0 spiro atoms. The smallest absolute Gasteiger partial charge is 0.232 e. The molecule has 2 rings (SSSR count). The summed E-state index contributed by atoms with van der Waals surface area (Å²) >= 11 is 12.1. The number of aromatic nitrogens is 1. The van der Waals surface area contributed by atoms with Crippen LogP contribution >= 0.6 is 23.2 Å². The summed E-state index contributed by atoms with van der Waals surface area (Å²) < 4.78 is 5.64. The molecule has 0 atom stereocenters. The van der Waals surface area contributed by atoms with Crippen LogP contribution in [0.1, 0.15) is 24.1 Å². The van der Waals surface area contributed by atoms with Gasteiger partial charge in [0.05, 0.1) is 0 Å². The minimum atomic E-state index is 0.134. The fourth-order valence-corrected chi connectivity index (χ4v) is 2.43. The Balaban J connectivity index is 2.30. The molecular weight excluding hydrogens is 325 g/mol. The third kappa shape index (κ3) is 3.72. The van der Waals surface area contributed by atoms with Crippen molar-refractivity contribution in [2.45, 2.75) is 19.8 Å². The minimum Gasteiger partial charge on any atom is -0.419 e. The summed E-state index contributed by atoms with van der Waals surface area (Å²) in [7, 11) is 0. The second kappa shape index (κ2) is 7.50. The fraction of sp³-hybridized carbons (Fsp3) is 0.333. The summed E-state index contributed by atoms with van der Waals surface area (Å²) in [6, 6.07) is 5.34. The fourth-order valence-electron chi connectivity index (χ4n) is 1.94. The Labute approximate surface area is 138 Å². The van der Waals surface area contributed by atoms with Crippen molar-refractivity contribution >= 4 is 29.1 Å². The van der Waals surface area contributed by atoms with Crippen LogP contribution in [0.15, 0.2) is 16.5 Å². The highest BCUT2D eigenvalue weighted by atomic mass is 35.5. The maximum Gasteiger partial charge on any atom is 0.232 e. The third-order valence-electron chi connectivity index (χ3n) is 3.14. The van der Waals surface area contributed by atoms with E-state index in [1.54, 1.807) is 12.1 Å². The summed E-state index contributed by atoms with van der Waals surface area (Å²) in [5.41, 5.74) is 1.61. The molecule has 0 fully saturated rings. The van der Waals surface area contributed by atoms with Gasteiger partial charge in [0.1, 0.15) is 6.07 Å². The predicted molar refractivity (Wildman–Crippen MR) is 86.2 cm³/mol. The van der Waals surface area contributed by atoms with Crippen LogP contribution < -0.4 is 5.32 Å². The molecule has 0 amide bonds. The van der Waals surface area contributed by atoms with Gasteiger partial charge in [-0.2, -0.15) is 10.2 Å². The molecular formula is C15H15Cl2N3O2. The molecule has 0 aliphatic heterocycles. The average molecular weight is 340 g/mol. The highest BCUT2D eigenvalue weighted by molar-refractivity contribution is 6.35. The van der Waals surface area contributed by atoms with Crippen molar-refractivity contribution in [3.05, 3.63) is 33.4 Å². The van der Waals surface area contributed by atoms with Gasteiger partial charge in [-0.1, -0.05) is 23.2 Å². The van der Waals surface area contributed by atoms with E-state index in [9.17, 15) is 0 Å². The molecule has 0 unspecified atom stereocenters. The van der Waals surface area contributed by atoms with E-state index in [-0.39, 0.29) is 12.3 Å². The number of unbranched alkanes of at least 4 members (excludes halogenated alkanes) is 1. The zero-order chi connectivity index (χ0) is 16.1. The SMILES string of the molecule is Cc1c(Cl)cc(Cl)cc1-c1nc(C#N)c(NCCCCO)o1. The van der Waals surface area contributed by atoms with Crippen LogP contribution in [0, 0.1) is 18.3 Å². The zero-order valence-corrected chi connectivity index (χ0v) is 13.5. The molecule has 0 aliphatic carbocycles. The second-order valence-electron chi connectivity index (χ2n) is 4.73. The van der Waals surface area contributed by atoms with Gasteiger partial charge >= 0.3 is 0 Å². The second-order valence-corrected chi connectivity index (χ2v) is 5.57. The summed E-state index contributed by atoms with van der Waals surface area (Å²) in [5, 5.41) is 21.9. The Morgan fingerprint density at radius 3 is 2.82 bits per heavy atom. The molecule has 5 nitrogen and oxygen atoms in total. The molecule has 116 valence electrons. The Morgan fingerprint density at radius 2 is 2.14 bits per heavy atom. The van der Waals surface area contributed by atoms with E-state index in [0.717, 1.165) is 12.0 Å². The van der Waals surface area contributed by atoms with E-state index in [4.69, 9.17) is 38.0 Å². The molecule has 0 aliphatic rings. The number of hydrogen-bond acceptors (Lipinski definition) is 5. The van der Waals surface area contributed by atoms with Crippen LogP contribution in [-0.2, 0) is 0 Å². The number of oxazole rings is 1. The van der Waals surface area contributed by atoms with Gasteiger partial charge in [0, 0.05) is 28.8 Å². The number of benzene rings is 1. The van der Waals surface area contributed by atoms with Crippen molar-refractivity contribution < 1.29 is 9.52 Å². The van der Waals surface area contributed by atoms with Gasteiger partial charge in [-0.25, -0.2) is 0 Å². The third-order valence-corrected chi connectivity index (χ3v) is 3.75. The van der Waals surface area contributed by atoms with Crippen molar-refractivity contribution in [1.29, 1.82) is 5.26 Å². The summed E-state index contributed by atoms with van der Waals surface area (Å²) in [6.45, 7) is 2.55. The Morgan fingerprint density at radius 1 is 1.36 bits per heavy atom. The molecule has 2 N–H and O–H groups in total. The highest BCUT2D eigenvalue weighted by Crippen LogP contribution is 2.33. The Hall–Kier alpha value is -1.74. The van der Waals surface area contributed by atoms with Crippen molar-refractivity contribution in [1.82, 2.24) is 4.98 Å². The molecule has 7 heteroatoms. The minimum absolute atomic E-state index is 0.134. The quantitative estimate of drug-likeness (QED) is 0.777. The zero-order valence-electron chi connectivity index (χ0n) is 12.0. The van der Waals surface area contributed by atoms with Crippen molar-refractivity contribution in [2.24, 2.45) is 0 Å². The monoisotopic (exact) mass is 339 g/mol. The lowest BCUT2D eigenvalue weighted by molar-refractivity contribution is 0.286. The van der Waals surface area contributed by atoms with Gasteiger partial charge in [-0.05, 0) is 37.5 Å². The molecule has 0 saturated heterocycles. The molecule has 0 radical (unpaired) electrons. The number of halogens is 2. The number of aliphatic hydroxyl groups is 1. The van der Waals surface area contributed by atoms with E-state index in [1.165, 1.54) is 0 Å². The first kappa shape index (κ1) is 16.6. The van der Waals surface area contributed by atoms with E-state index in [1.807, 2.05) is 13.0 Å². The maximum absolute atomic E-state index is 9.16. The summed E-state index contributed by atoms with van der Waals surface area (Å²) in [5.74, 6) is 0.606. The number of hydrogen-bond donors (Lipinski definition) is 2. The maximum atomic E-state index is 9.16. The molecule has 1 aromatic heterocycles. The lowest BCUT2D eigenvalue weighted by atomic mass is 10.1. The summed E-state index contributed by atoms with van der Waals surface area (Å²) in [4.78, 5) is 4.18. The average Bonchev–Trinajstić information content (AvgIpc) is 2.90. The lowest BCUT2D eigenvalue weighted by Gasteiger charge is -2.05. The van der Waals surface area contributed by atoms with Crippen LogP contribution in [0.4, 0.5) is 5.88 Å². The number of anilines is 1. The van der Waals surface area contributed by atoms with Crippen LogP contribution in [0.2, 0.25) is 10.0 Å². The standard InChI is InChI=1S/C15H15Cl2N3O2/c1-9-11(6-10(16)7-12(9)17)14-20-13(8-18)15(22-14)19-4-2-3-5-21/h6-7,19,21H,2-5H2,1H3. The first-order valence-electron chi connectivity index (χ1n) is 6.78. The topological polar surface area (TPSA) is 82.1 Å². The first-order chi connectivity index (χ1) is 10.6. The van der Waals surface area contributed by atoms with Gasteiger partial charge in [-0.15, -0.1) is 0 Å². The van der Waals surface area contributed by atoms with Crippen molar-refractivity contribution in [3.63, 3.8) is 0 Å². The molecule has 2 aromatic rings.